The van der Waals surface area contributed by atoms with Crippen molar-refractivity contribution in [2.24, 2.45) is 5.41 Å². The number of hydrogen-bond donors (Lipinski definition) is 3. The Labute approximate surface area is 158 Å². The van der Waals surface area contributed by atoms with Crippen LogP contribution in [0.2, 0.25) is 0 Å². The van der Waals surface area contributed by atoms with Crippen LogP contribution >= 0.6 is 0 Å². The maximum absolute atomic E-state index is 12.4. The van der Waals surface area contributed by atoms with E-state index < -0.39 is 27.3 Å². The highest BCUT2D eigenvalue weighted by molar-refractivity contribution is 7.92. The van der Waals surface area contributed by atoms with Crippen LogP contribution in [0.5, 0.6) is 0 Å². The first-order valence-corrected chi connectivity index (χ1v) is 9.80. The topological polar surface area (TPSA) is 113 Å². The Morgan fingerprint density at radius 3 is 2.33 bits per heavy atom. The quantitative estimate of drug-likeness (QED) is 0.641. The van der Waals surface area contributed by atoms with Gasteiger partial charge in [0.1, 0.15) is 0 Å². The van der Waals surface area contributed by atoms with Gasteiger partial charge in [-0.15, -0.1) is 0 Å². The number of sulfonamides is 1. The maximum atomic E-state index is 12.4. The van der Waals surface area contributed by atoms with Gasteiger partial charge in [-0.2, -0.15) is 0 Å². The molecule has 0 unspecified atom stereocenters. The van der Waals surface area contributed by atoms with Gasteiger partial charge in [0.2, 0.25) is 0 Å². The van der Waals surface area contributed by atoms with Crippen molar-refractivity contribution in [3.05, 3.63) is 60.2 Å². The van der Waals surface area contributed by atoms with Crippen LogP contribution in [0.3, 0.4) is 0 Å². The fourth-order valence-corrected chi connectivity index (χ4v) is 3.31. The van der Waals surface area contributed by atoms with Gasteiger partial charge in [0.25, 0.3) is 15.9 Å². The average molecular weight is 390 g/mol. The summed E-state index contributed by atoms with van der Waals surface area (Å²) in [5.41, 5.74) is -0.408. The van der Waals surface area contributed by atoms with E-state index in [1.807, 2.05) is 0 Å². The molecule has 3 N–H and O–H groups in total. The van der Waals surface area contributed by atoms with Gasteiger partial charge in [0.15, 0.2) is 0 Å². The van der Waals surface area contributed by atoms with Crippen molar-refractivity contribution < 1.29 is 23.1 Å². The van der Waals surface area contributed by atoms with E-state index >= 15 is 0 Å². The third kappa shape index (κ3) is 5.55. The zero-order valence-electron chi connectivity index (χ0n) is 15.1. The molecular weight excluding hydrogens is 368 g/mol. The SMILES string of the molecule is CC(C)(CCNC(=O)c1cccc(NS(=O)(=O)c2ccccc2)c1)C(=O)O. The number of aliphatic carboxylic acids is 1. The Morgan fingerprint density at radius 2 is 1.70 bits per heavy atom. The van der Waals surface area contributed by atoms with E-state index in [1.54, 1.807) is 50.2 Å². The molecule has 27 heavy (non-hydrogen) atoms. The van der Waals surface area contributed by atoms with Gasteiger partial charge in [-0.3, -0.25) is 14.3 Å². The van der Waals surface area contributed by atoms with Gasteiger partial charge in [-0.05, 0) is 50.6 Å². The minimum absolute atomic E-state index is 0.121. The summed E-state index contributed by atoms with van der Waals surface area (Å²) >= 11 is 0. The summed E-state index contributed by atoms with van der Waals surface area (Å²) in [6.07, 6.45) is 0.272. The summed E-state index contributed by atoms with van der Waals surface area (Å²) in [6, 6.07) is 14.0. The van der Waals surface area contributed by atoms with Gasteiger partial charge < -0.3 is 10.4 Å². The lowest BCUT2D eigenvalue weighted by Gasteiger charge is -2.19. The molecule has 0 heterocycles. The predicted octanol–water partition coefficient (Wildman–Crippen LogP) is 2.72. The van der Waals surface area contributed by atoms with Gasteiger partial charge in [-0.1, -0.05) is 24.3 Å². The Morgan fingerprint density at radius 1 is 1.04 bits per heavy atom. The van der Waals surface area contributed by atoms with E-state index in [0.717, 1.165) is 0 Å². The standard InChI is InChI=1S/C19H22N2O5S/c1-19(2,18(23)24)11-12-20-17(22)14-7-6-8-15(13-14)21-27(25,26)16-9-4-3-5-10-16/h3-10,13,21H,11-12H2,1-2H3,(H,20,22)(H,23,24). The van der Waals surface area contributed by atoms with Crippen LogP contribution in [-0.4, -0.2) is 31.9 Å². The van der Waals surface area contributed by atoms with Crippen molar-refractivity contribution >= 4 is 27.6 Å². The number of hydrogen-bond acceptors (Lipinski definition) is 4. The molecule has 0 saturated carbocycles. The molecule has 0 saturated heterocycles. The first-order valence-electron chi connectivity index (χ1n) is 8.31. The molecule has 8 heteroatoms. The van der Waals surface area contributed by atoms with Crippen LogP contribution in [-0.2, 0) is 14.8 Å². The van der Waals surface area contributed by atoms with Gasteiger partial charge in [0, 0.05) is 17.8 Å². The predicted molar refractivity (Wildman–Crippen MR) is 102 cm³/mol. The maximum Gasteiger partial charge on any atom is 0.309 e. The molecule has 0 radical (unpaired) electrons. The highest BCUT2D eigenvalue weighted by Crippen LogP contribution is 2.20. The van der Waals surface area contributed by atoms with E-state index in [9.17, 15) is 18.0 Å². The fourth-order valence-electron chi connectivity index (χ4n) is 2.24. The van der Waals surface area contributed by atoms with Crippen LogP contribution in [0, 0.1) is 5.41 Å². The largest absolute Gasteiger partial charge is 0.481 e. The van der Waals surface area contributed by atoms with Crippen molar-refractivity contribution in [3.63, 3.8) is 0 Å². The lowest BCUT2D eigenvalue weighted by Crippen LogP contribution is -2.32. The molecule has 0 aliphatic rings. The molecule has 0 aromatic heterocycles. The molecule has 1 amide bonds. The van der Waals surface area contributed by atoms with Crippen molar-refractivity contribution in [1.29, 1.82) is 0 Å². The summed E-state index contributed by atoms with van der Waals surface area (Å²) < 4.78 is 27.2. The summed E-state index contributed by atoms with van der Waals surface area (Å²) in [7, 11) is -3.75. The number of rotatable bonds is 8. The highest BCUT2D eigenvalue weighted by atomic mass is 32.2. The van der Waals surface area contributed by atoms with Crippen molar-refractivity contribution in [2.45, 2.75) is 25.2 Å². The number of benzene rings is 2. The highest BCUT2D eigenvalue weighted by Gasteiger charge is 2.26. The van der Waals surface area contributed by atoms with E-state index in [0.29, 0.717) is 0 Å². The molecule has 2 rings (SSSR count). The molecule has 0 aliphatic heterocycles. The number of amides is 1. The number of carbonyl (C=O) groups excluding carboxylic acids is 1. The van der Waals surface area contributed by atoms with Gasteiger partial charge in [-0.25, -0.2) is 8.42 Å². The summed E-state index contributed by atoms with van der Waals surface area (Å²) in [5.74, 6) is -1.34. The Bertz CT molecular complexity index is 924. The Kier molecular flexibility index (Phi) is 6.22. The third-order valence-electron chi connectivity index (χ3n) is 4.04. The van der Waals surface area contributed by atoms with E-state index in [4.69, 9.17) is 5.11 Å². The number of carboxylic acids is 1. The number of anilines is 1. The van der Waals surface area contributed by atoms with E-state index in [2.05, 4.69) is 10.0 Å². The molecule has 0 bridgehead atoms. The second-order valence-electron chi connectivity index (χ2n) is 6.69. The molecule has 2 aromatic rings. The number of carbonyl (C=O) groups is 2. The van der Waals surface area contributed by atoms with Crippen LogP contribution in [0.15, 0.2) is 59.5 Å². The zero-order valence-corrected chi connectivity index (χ0v) is 15.9. The fraction of sp³-hybridized carbons (Fsp3) is 0.263. The van der Waals surface area contributed by atoms with Crippen LogP contribution in [0.4, 0.5) is 5.69 Å². The van der Waals surface area contributed by atoms with Crippen LogP contribution in [0.25, 0.3) is 0 Å². The number of nitrogens with one attached hydrogen (secondary N) is 2. The molecule has 144 valence electrons. The summed E-state index contributed by atoms with van der Waals surface area (Å²) in [5, 5.41) is 11.7. The van der Waals surface area contributed by atoms with Gasteiger partial charge in [0.05, 0.1) is 10.3 Å². The van der Waals surface area contributed by atoms with Crippen LogP contribution in [0.1, 0.15) is 30.6 Å². The normalized spacial score (nSPS) is 11.6. The minimum atomic E-state index is -3.75. The molecule has 0 spiro atoms. The second kappa shape index (κ2) is 8.22. The smallest absolute Gasteiger partial charge is 0.309 e. The molecule has 2 aromatic carbocycles. The molecule has 7 nitrogen and oxygen atoms in total. The Balaban J connectivity index is 2.04. The lowest BCUT2D eigenvalue weighted by molar-refractivity contribution is -0.147. The first-order chi connectivity index (χ1) is 12.6. The Hall–Kier alpha value is -2.87. The minimum Gasteiger partial charge on any atom is -0.481 e. The van der Waals surface area contributed by atoms with Crippen molar-refractivity contribution in [3.8, 4) is 0 Å². The van der Waals surface area contributed by atoms with Crippen molar-refractivity contribution in [1.82, 2.24) is 5.32 Å². The monoisotopic (exact) mass is 390 g/mol. The van der Waals surface area contributed by atoms with Crippen LogP contribution < -0.4 is 10.0 Å². The molecular formula is C19H22N2O5S. The number of carboxylic acid groups (broad SMARTS) is 1. The van der Waals surface area contributed by atoms with Gasteiger partial charge >= 0.3 is 5.97 Å². The second-order valence-corrected chi connectivity index (χ2v) is 8.38. The van der Waals surface area contributed by atoms with Crippen molar-refractivity contribution in [2.75, 3.05) is 11.3 Å². The summed E-state index contributed by atoms with van der Waals surface area (Å²) in [4.78, 5) is 23.5. The molecule has 0 fully saturated rings. The molecule has 0 aliphatic carbocycles. The zero-order chi connectivity index (χ0) is 20.1. The van der Waals surface area contributed by atoms with E-state index in [-0.39, 0.29) is 29.1 Å². The molecule has 0 atom stereocenters. The summed E-state index contributed by atoms with van der Waals surface area (Å²) in [6.45, 7) is 3.36. The average Bonchev–Trinajstić information content (AvgIpc) is 2.62. The first kappa shape index (κ1) is 20.4. The lowest BCUT2D eigenvalue weighted by atomic mass is 9.90. The third-order valence-corrected chi connectivity index (χ3v) is 5.44. The van der Waals surface area contributed by atoms with E-state index in [1.165, 1.54) is 18.2 Å².